The third-order valence-electron chi connectivity index (χ3n) is 3.44. The van der Waals surface area contributed by atoms with Gasteiger partial charge in [0.05, 0.1) is 0 Å². The van der Waals surface area contributed by atoms with Crippen molar-refractivity contribution < 1.29 is 4.79 Å². The molecule has 1 aromatic carbocycles. The summed E-state index contributed by atoms with van der Waals surface area (Å²) < 4.78 is 0. The smallest absolute Gasteiger partial charge is 0.224 e. The normalized spacial score (nSPS) is 15.6. The maximum absolute atomic E-state index is 11.9. The summed E-state index contributed by atoms with van der Waals surface area (Å²) in [5.41, 5.74) is 7.14. The summed E-state index contributed by atoms with van der Waals surface area (Å²) in [6.45, 7) is 3.30. The summed E-state index contributed by atoms with van der Waals surface area (Å²) in [4.78, 5) is 14.7. The first-order chi connectivity index (χ1) is 10.1. The number of thioether (sulfide) groups is 1. The Hall–Kier alpha value is -1.11. The molecule has 1 aliphatic heterocycles. The number of amides is 1. The molecule has 3 N–H and O–H groups in total. The van der Waals surface area contributed by atoms with Gasteiger partial charge in [-0.05, 0) is 37.2 Å². The van der Waals surface area contributed by atoms with Gasteiger partial charge in [-0.2, -0.15) is 11.8 Å². The molecule has 1 aromatic rings. The van der Waals surface area contributed by atoms with E-state index in [9.17, 15) is 4.79 Å². The molecule has 0 saturated carbocycles. The lowest BCUT2D eigenvalue weighted by molar-refractivity contribution is -0.116. The molecule has 1 saturated heterocycles. The Morgan fingerprint density at radius 1 is 1.29 bits per heavy atom. The van der Waals surface area contributed by atoms with Crippen molar-refractivity contribution in [2.24, 2.45) is 5.73 Å². The highest BCUT2D eigenvalue weighted by molar-refractivity contribution is 7.99. The molecule has 0 aliphatic carbocycles. The monoisotopic (exact) mass is 323 g/mol. The first-order valence-electron chi connectivity index (χ1n) is 7.15. The highest BCUT2D eigenvalue weighted by Crippen LogP contribution is 2.12. The maximum Gasteiger partial charge on any atom is 0.224 e. The van der Waals surface area contributed by atoms with Crippen LogP contribution in [0.2, 0.25) is 0 Å². The average molecular weight is 323 g/mol. The number of anilines is 1. The van der Waals surface area contributed by atoms with Crippen molar-refractivity contribution in [3.05, 3.63) is 29.8 Å². The summed E-state index contributed by atoms with van der Waals surface area (Å²) in [7, 11) is 0. The van der Waals surface area contributed by atoms with Crippen LogP contribution in [0.1, 0.15) is 18.4 Å². The average Bonchev–Trinajstić information content (AvgIpc) is 2.49. The van der Waals surface area contributed by atoms with E-state index < -0.39 is 0 Å². The zero-order chi connectivity index (χ0) is 15.1. The lowest BCUT2D eigenvalue weighted by atomic mass is 10.2. The summed E-state index contributed by atoms with van der Waals surface area (Å²) >= 11 is 6.90. The van der Waals surface area contributed by atoms with E-state index in [1.807, 2.05) is 36.0 Å². The van der Waals surface area contributed by atoms with Crippen LogP contribution in [0.15, 0.2) is 24.3 Å². The van der Waals surface area contributed by atoms with Crippen molar-refractivity contribution in [3.63, 3.8) is 0 Å². The lowest BCUT2D eigenvalue weighted by Crippen LogP contribution is -2.33. The van der Waals surface area contributed by atoms with Crippen LogP contribution in [0.3, 0.4) is 0 Å². The van der Waals surface area contributed by atoms with Gasteiger partial charge in [0.1, 0.15) is 4.99 Å². The number of thiocarbonyl (C=S) groups is 1. The Morgan fingerprint density at radius 2 is 1.95 bits per heavy atom. The number of nitrogens with zero attached hydrogens (tertiary/aromatic N) is 1. The van der Waals surface area contributed by atoms with Gasteiger partial charge in [-0.15, -0.1) is 0 Å². The number of carbonyl (C=O) groups excluding carboxylic acids is 1. The molecule has 21 heavy (non-hydrogen) atoms. The second-order valence-electron chi connectivity index (χ2n) is 5.05. The molecule has 1 fully saturated rings. The second-order valence-corrected chi connectivity index (χ2v) is 6.71. The Balaban J connectivity index is 1.70. The van der Waals surface area contributed by atoms with Gasteiger partial charge >= 0.3 is 0 Å². The van der Waals surface area contributed by atoms with Crippen LogP contribution in [0, 0.1) is 0 Å². The molecule has 0 unspecified atom stereocenters. The fourth-order valence-electron chi connectivity index (χ4n) is 2.23. The van der Waals surface area contributed by atoms with Crippen LogP contribution in [0.25, 0.3) is 0 Å². The van der Waals surface area contributed by atoms with Crippen LogP contribution in [0.5, 0.6) is 0 Å². The number of hydrogen-bond donors (Lipinski definition) is 2. The van der Waals surface area contributed by atoms with Gasteiger partial charge in [0, 0.05) is 42.3 Å². The zero-order valence-electron chi connectivity index (χ0n) is 12.0. The van der Waals surface area contributed by atoms with Crippen molar-refractivity contribution >= 4 is 40.6 Å². The van der Waals surface area contributed by atoms with Gasteiger partial charge in [0.25, 0.3) is 0 Å². The first-order valence-corrected chi connectivity index (χ1v) is 8.71. The van der Waals surface area contributed by atoms with Crippen LogP contribution in [0.4, 0.5) is 5.69 Å². The highest BCUT2D eigenvalue weighted by Gasteiger charge is 2.10. The Kier molecular flexibility index (Phi) is 6.48. The third-order valence-corrected chi connectivity index (χ3v) is 4.61. The van der Waals surface area contributed by atoms with Gasteiger partial charge in [-0.3, -0.25) is 4.79 Å². The summed E-state index contributed by atoms with van der Waals surface area (Å²) in [5, 5.41) is 2.90. The quantitative estimate of drug-likeness (QED) is 0.785. The van der Waals surface area contributed by atoms with Crippen LogP contribution in [-0.4, -0.2) is 46.9 Å². The molecule has 6 heteroatoms. The molecule has 0 bridgehead atoms. The van der Waals surface area contributed by atoms with E-state index >= 15 is 0 Å². The fraction of sp³-hybridized carbons (Fsp3) is 0.467. The first kappa shape index (κ1) is 16.3. The lowest BCUT2D eigenvalue weighted by Gasteiger charge is -2.25. The van der Waals surface area contributed by atoms with Crippen molar-refractivity contribution in [1.29, 1.82) is 0 Å². The molecular formula is C15H21N3OS2. The van der Waals surface area contributed by atoms with Gasteiger partial charge in [-0.25, -0.2) is 0 Å². The molecule has 2 rings (SSSR count). The van der Waals surface area contributed by atoms with E-state index in [0.29, 0.717) is 11.4 Å². The molecule has 1 aliphatic rings. The minimum atomic E-state index is 0.0597. The van der Waals surface area contributed by atoms with Gasteiger partial charge < -0.3 is 16.0 Å². The SMILES string of the molecule is NC(=S)c1ccc(NC(=O)CCCN2CCSCC2)cc1. The van der Waals surface area contributed by atoms with E-state index in [-0.39, 0.29) is 5.91 Å². The van der Waals surface area contributed by atoms with Crippen molar-refractivity contribution in [3.8, 4) is 0 Å². The number of nitrogens with two attached hydrogens (primary N) is 1. The van der Waals surface area contributed by atoms with E-state index in [0.717, 1.165) is 37.3 Å². The maximum atomic E-state index is 11.9. The third kappa shape index (κ3) is 5.65. The van der Waals surface area contributed by atoms with Crippen molar-refractivity contribution in [2.45, 2.75) is 12.8 Å². The Bertz CT molecular complexity index is 484. The Morgan fingerprint density at radius 3 is 2.57 bits per heavy atom. The molecule has 4 nitrogen and oxygen atoms in total. The number of nitrogens with one attached hydrogen (secondary N) is 1. The number of hydrogen-bond acceptors (Lipinski definition) is 4. The zero-order valence-corrected chi connectivity index (χ0v) is 13.6. The van der Waals surface area contributed by atoms with Crippen LogP contribution in [-0.2, 0) is 4.79 Å². The number of benzene rings is 1. The largest absolute Gasteiger partial charge is 0.389 e. The summed E-state index contributed by atoms with van der Waals surface area (Å²) in [6.07, 6.45) is 1.46. The minimum Gasteiger partial charge on any atom is -0.389 e. The summed E-state index contributed by atoms with van der Waals surface area (Å²) in [6, 6.07) is 7.30. The topological polar surface area (TPSA) is 58.4 Å². The number of rotatable bonds is 6. The minimum absolute atomic E-state index is 0.0597. The van der Waals surface area contributed by atoms with E-state index in [1.54, 1.807) is 0 Å². The van der Waals surface area contributed by atoms with E-state index in [4.69, 9.17) is 18.0 Å². The van der Waals surface area contributed by atoms with E-state index in [1.165, 1.54) is 11.5 Å². The fourth-order valence-corrected chi connectivity index (χ4v) is 3.34. The second kappa shape index (κ2) is 8.36. The predicted molar refractivity (Wildman–Crippen MR) is 94.0 cm³/mol. The standard InChI is InChI=1S/C15H21N3OS2/c16-15(20)12-3-5-13(6-4-12)17-14(19)2-1-7-18-8-10-21-11-9-18/h3-6H,1-2,7-11H2,(H2,16,20)(H,17,19). The van der Waals surface area contributed by atoms with Crippen molar-refractivity contribution in [2.75, 3.05) is 36.5 Å². The predicted octanol–water partition coefficient (Wildman–Crippen LogP) is 2.09. The molecule has 1 amide bonds. The van der Waals surface area contributed by atoms with Gasteiger partial charge in [0.2, 0.25) is 5.91 Å². The Labute approximate surface area is 135 Å². The van der Waals surface area contributed by atoms with Gasteiger partial charge in [0.15, 0.2) is 0 Å². The highest BCUT2D eigenvalue weighted by atomic mass is 32.2. The molecule has 0 radical (unpaired) electrons. The molecular weight excluding hydrogens is 302 g/mol. The van der Waals surface area contributed by atoms with E-state index in [2.05, 4.69) is 10.2 Å². The molecule has 0 aromatic heterocycles. The molecule has 0 spiro atoms. The van der Waals surface area contributed by atoms with Crippen LogP contribution < -0.4 is 11.1 Å². The van der Waals surface area contributed by atoms with Crippen LogP contribution >= 0.6 is 24.0 Å². The molecule has 1 heterocycles. The number of carbonyl (C=O) groups is 1. The summed E-state index contributed by atoms with van der Waals surface area (Å²) in [5.74, 6) is 2.48. The molecule has 114 valence electrons. The molecule has 0 atom stereocenters. The van der Waals surface area contributed by atoms with Crippen molar-refractivity contribution in [1.82, 2.24) is 4.90 Å². The van der Waals surface area contributed by atoms with Gasteiger partial charge in [-0.1, -0.05) is 12.2 Å².